The van der Waals surface area contributed by atoms with Crippen molar-refractivity contribution >= 4 is 15.8 Å². The molecule has 2 aromatic rings. The number of ether oxygens (including phenoxy) is 1. The highest BCUT2D eigenvalue weighted by atomic mass is 32.2. The number of rotatable bonds is 7. The third-order valence-corrected chi connectivity index (χ3v) is 7.39. The molecule has 2 aliphatic rings. The zero-order chi connectivity index (χ0) is 22.6. The average molecular weight is 460 g/mol. The summed E-state index contributed by atoms with van der Waals surface area (Å²) in [5.41, 5.74) is 1.27. The zero-order valence-corrected chi connectivity index (χ0v) is 19.4. The van der Waals surface area contributed by atoms with Crippen LogP contribution in [0.25, 0.3) is 0 Å². The molecule has 2 atom stereocenters. The van der Waals surface area contributed by atoms with Crippen LogP contribution in [0.5, 0.6) is 5.75 Å². The number of piperidine rings is 1. The number of aromatic hydroxyl groups is 1. The van der Waals surface area contributed by atoms with Crippen LogP contribution in [0.15, 0.2) is 48.7 Å². The molecule has 0 amide bonds. The molecule has 8 heteroatoms. The van der Waals surface area contributed by atoms with E-state index in [4.69, 9.17) is 4.74 Å². The number of benzene rings is 1. The molecule has 4 rings (SSSR count). The minimum Gasteiger partial charge on any atom is -0.508 e. The summed E-state index contributed by atoms with van der Waals surface area (Å²) in [6, 6.07) is 13.3. The molecule has 2 N–H and O–H groups in total. The van der Waals surface area contributed by atoms with Gasteiger partial charge in [0.2, 0.25) is 10.0 Å². The van der Waals surface area contributed by atoms with Crippen molar-refractivity contribution in [2.75, 3.05) is 30.9 Å². The number of phenols is 1. The van der Waals surface area contributed by atoms with Crippen molar-refractivity contribution in [1.29, 1.82) is 0 Å². The quantitative estimate of drug-likeness (QED) is 0.660. The molecule has 0 radical (unpaired) electrons. The van der Waals surface area contributed by atoms with E-state index >= 15 is 0 Å². The molecule has 2 unspecified atom stereocenters. The summed E-state index contributed by atoms with van der Waals surface area (Å²) in [6.07, 6.45) is 8.04. The number of hydrogen-bond donors (Lipinski definition) is 2. The van der Waals surface area contributed by atoms with Gasteiger partial charge in [0.1, 0.15) is 11.6 Å². The monoisotopic (exact) mass is 459 g/mol. The van der Waals surface area contributed by atoms with E-state index < -0.39 is 10.0 Å². The third kappa shape index (κ3) is 6.21. The van der Waals surface area contributed by atoms with E-state index in [2.05, 4.69) is 14.6 Å². The Hall–Kier alpha value is -2.16. The lowest BCUT2D eigenvalue weighted by molar-refractivity contribution is -0.00213. The van der Waals surface area contributed by atoms with E-state index in [-0.39, 0.29) is 18.1 Å². The van der Waals surface area contributed by atoms with Crippen molar-refractivity contribution in [3.05, 3.63) is 54.2 Å². The molecule has 174 valence electrons. The smallest absolute Gasteiger partial charge is 0.208 e. The second-order valence-electron chi connectivity index (χ2n) is 9.08. The largest absolute Gasteiger partial charge is 0.508 e. The summed E-state index contributed by atoms with van der Waals surface area (Å²) in [7, 11) is -3.28. The Morgan fingerprint density at radius 3 is 2.50 bits per heavy atom. The van der Waals surface area contributed by atoms with Gasteiger partial charge in [-0.25, -0.2) is 18.1 Å². The summed E-state index contributed by atoms with van der Waals surface area (Å²) in [5.74, 6) is 1.79. The number of nitrogens with zero attached hydrogens (tertiary/aromatic N) is 2. The number of phenolic OH excluding ortho intramolecular Hbond substituents is 1. The number of aromatic nitrogens is 1. The van der Waals surface area contributed by atoms with Crippen molar-refractivity contribution < 1.29 is 18.3 Å². The van der Waals surface area contributed by atoms with Crippen molar-refractivity contribution in [2.24, 2.45) is 5.92 Å². The van der Waals surface area contributed by atoms with Gasteiger partial charge in [0.05, 0.1) is 19.0 Å². The lowest BCUT2D eigenvalue weighted by atomic mass is 9.82. The first-order chi connectivity index (χ1) is 15.4. The summed E-state index contributed by atoms with van der Waals surface area (Å²) in [5, 5.41) is 9.50. The maximum absolute atomic E-state index is 11.9. The predicted molar refractivity (Wildman–Crippen MR) is 125 cm³/mol. The van der Waals surface area contributed by atoms with Crippen molar-refractivity contribution in [1.82, 2.24) is 9.71 Å². The predicted octanol–water partition coefficient (Wildman–Crippen LogP) is 3.27. The Labute approximate surface area is 190 Å². The summed E-state index contributed by atoms with van der Waals surface area (Å²) < 4.78 is 33.0. The van der Waals surface area contributed by atoms with Crippen LogP contribution in [-0.4, -0.2) is 56.6 Å². The molecule has 0 bridgehead atoms. The zero-order valence-electron chi connectivity index (χ0n) is 18.6. The second kappa shape index (κ2) is 10.2. The fraction of sp³-hybridized carbons (Fsp3) is 0.542. The van der Waals surface area contributed by atoms with E-state index in [1.165, 1.54) is 11.8 Å². The number of sulfonamides is 1. The van der Waals surface area contributed by atoms with Crippen LogP contribution >= 0.6 is 0 Å². The van der Waals surface area contributed by atoms with Gasteiger partial charge in [-0.1, -0.05) is 18.2 Å². The molecule has 7 nitrogen and oxygen atoms in total. The van der Waals surface area contributed by atoms with Crippen LogP contribution in [0.3, 0.4) is 0 Å². The fourth-order valence-corrected chi connectivity index (χ4v) is 5.81. The molecule has 1 aliphatic heterocycles. The topological polar surface area (TPSA) is 91.8 Å². The Morgan fingerprint density at radius 2 is 1.84 bits per heavy atom. The van der Waals surface area contributed by atoms with Gasteiger partial charge in [-0.2, -0.15) is 0 Å². The van der Waals surface area contributed by atoms with E-state index in [9.17, 15) is 13.5 Å². The maximum Gasteiger partial charge on any atom is 0.208 e. The highest BCUT2D eigenvalue weighted by Crippen LogP contribution is 2.35. The van der Waals surface area contributed by atoms with Gasteiger partial charge >= 0.3 is 0 Å². The molecule has 2 heterocycles. The standard InChI is InChI=1S/C24H33N3O4S/c1-32(29,30)26-23-13-15-27(24-4-2-3-14-25-24)16-20(23)17-31-22-11-7-19(8-12-22)18-5-9-21(28)10-6-18/h2-6,9-10,14,19-20,22-23,26,28H,7-8,11-13,15-17H2,1H3. The molecular formula is C24H33N3O4S. The lowest BCUT2D eigenvalue weighted by Gasteiger charge is -2.40. The Bertz CT molecular complexity index is 960. The van der Waals surface area contributed by atoms with E-state index in [1.807, 2.05) is 30.3 Å². The fourth-order valence-electron chi connectivity index (χ4n) is 4.95. The first-order valence-electron chi connectivity index (χ1n) is 11.4. The lowest BCUT2D eigenvalue weighted by Crippen LogP contribution is -2.52. The van der Waals surface area contributed by atoms with Crippen LogP contribution in [0.4, 0.5) is 5.82 Å². The van der Waals surface area contributed by atoms with E-state index in [1.54, 1.807) is 18.3 Å². The van der Waals surface area contributed by atoms with Crippen LogP contribution in [-0.2, 0) is 14.8 Å². The van der Waals surface area contributed by atoms with Gasteiger partial charge in [-0.3, -0.25) is 0 Å². The molecule has 2 fully saturated rings. The SMILES string of the molecule is CS(=O)(=O)NC1CCN(c2ccccn2)CC1COC1CCC(c2ccc(O)cc2)CC1. The molecule has 0 spiro atoms. The van der Waals surface area contributed by atoms with Gasteiger partial charge in [0, 0.05) is 31.2 Å². The van der Waals surface area contributed by atoms with Gasteiger partial charge in [0.15, 0.2) is 0 Å². The van der Waals surface area contributed by atoms with Crippen molar-refractivity contribution in [3.63, 3.8) is 0 Å². The minimum absolute atomic E-state index is 0.0651. The number of anilines is 1. The van der Waals surface area contributed by atoms with Gasteiger partial charge < -0.3 is 14.7 Å². The highest BCUT2D eigenvalue weighted by Gasteiger charge is 2.33. The normalized spacial score (nSPS) is 26.7. The summed E-state index contributed by atoms with van der Waals surface area (Å²) >= 11 is 0. The maximum atomic E-state index is 11.9. The average Bonchev–Trinajstić information content (AvgIpc) is 2.79. The van der Waals surface area contributed by atoms with Gasteiger partial charge in [-0.15, -0.1) is 0 Å². The van der Waals surface area contributed by atoms with E-state index in [0.29, 0.717) is 24.8 Å². The molecule has 32 heavy (non-hydrogen) atoms. The highest BCUT2D eigenvalue weighted by molar-refractivity contribution is 7.88. The van der Waals surface area contributed by atoms with Crippen LogP contribution in [0.2, 0.25) is 0 Å². The van der Waals surface area contributed by atoms with Gasteiger partial charge in [-0.05, 0) is 67.9 Å². The minimum atomic E-state index is -3.28. The Balaban J connectivity index is 1.34. The number of hydrogen-bond acceptors (Lipinski definition) is 6. The van der Waals surface area contributed by atoms with Gasteiger partial charge in [0.25, 0.3) is 0 Å². The number of nitrogens with one attached hydrogen (secondary N) is 1. The summed E-state index contributed by atoms with van der Waals surface area (Å²) in [4.78, 5) is 6.68. The van der Waals surface area contributed by atoms with Crippen molar-refractivity contribution in [2.45, 2.75) is 50.2 Å². The molecule has 1 saturated carbocycles. The first-order valence-corrected chi connectivity index (χ1v) is 13.3. The molecule has 1 aliphatic carbocycles. The molecular weight excluding hydrogens is 426 g/mol. The Kier molecular flexibility index (Phi) is 7.33. The van der Waals surface area contributed by atoms with E-state index in [0.717, 1.165) is 44.5 Å². The van der Waals surface area contributed by atoms with Crippen LogP contribution in [0.1, 0.15) is 43.6 Å². The molecule has 1 saturated heterocycles. The van der Waals surface area contributed by atoms with Crippen LogP contribution in [0, 0.1) is 5.92 Å². The molecule has 1 aromatic heterocycles. The van der Waals surface area contributed by atoms with Crippen LogP contribution < -0.4 is 9.62 Å². The second-order valence-corrected chi connectivity index (χ2v) is 10.9. The Morgan fingerprint density at radius 1 is 1.09 bits per heavy atom. The van der Waals surface area contributed by atoms with Crippen molar-refractivity contribution in [3.8, 4) is 5.75 Å². The molecule has 1 aromatic carbocycles. The third-order valence-electron chi connectivity index (χ3n) is 6.66. The number of pyridine rings is 1. The first kappa shape index (κ1) is 23.0. The summed E-state index contributed by atoms with van der Waals surface area (Å²) in [6.45, 7) is 2.01.